The Hall–Kier alpha value is -1.79. The fraction of sp³-hybridized carbons (Fsp3) is 0.533. The van der Waals surface area contributed by atoms with E-state index in [1.807, 2.05) is 6.92 Å². The molecule has 0 aliphatic rings. The Balaban J connectivity index is 2.90. The number of carbonyl (C=O) groups is 1. The van der Waals surface area contributed by atoms with Gasteiger partial charge in [0.25, 0.3) is 0 Å². The molecule has 1 aromatic rings. The number of methoxy groups -OCH3 is 2. The molecule has 0 bridgehead atoms. The molecule has 2 N–H and O–H groups in total. The third-order valence-electron chi connectivity index (χ3n) is 2.88. The maximum Gasteiger partial charge on any atom is 0.325 e. The van der Waals surface area contributed by atoms with Crippen LogP contribution in [0, 0.1) is 0 Å². The average molecular weight is 297 g/mol. The van der Waals surface area contributed by atoms with Crippen molar-refractivity contribution in [3.8, 4) is 11.5 Å². The summed E-state index contributed by atoms with van der Waals surface area (Å²) in [4.78, 5) is 11.4. The molecule has 0 saturated heterocycles. The van der Waals surface area contributed by atoms with Gasteiger partial charge in [-0.05, 0) is 24.1 Å². The fourth-order valence-corrected chi connectivity index (χ4v) is 1.85. The molecule has 1 atom stereocenters. The Kier molecular flexibility index (Phi) is 7.56. The number of hydrogen-bond acceptors (Lipinski definition) is 5. The molecular weight excluding hydrogens is 274 g/mol. The second-order valence-electron chi connectivity index (χ2n) is 4.48. The maximum atomic E-state index is 11.4. The molecule has 21 heavy (non-hydrogen) atoms. The van der Waals surface area contributed by atoms with E-state index in [9.17, 15) is 9.90 Å². The summed E-state index contributed by atoms with van der Waals surface area (Å²) in [6.45, 7) is 3.49. The summed E-state index contributed by atoms with van der Waals surface area (Å²) in [7, 11) is 3.10. The highest BCUT2D eigenvalue weighted by Gasteiger charge is 2.20. The smallest absolute Gasteiger partial charge is 0.325 e. The van der Waals surface area contributed by atoms with E-state index in [0.29, 0.717) is 36.8 Å². The number of carboxylic acid groups (broad SMARTS) is 1. The van der Waals surface area contributed by atoms with Gasteiger partial charge in [0.15, 0.2) is 11.5 Å². The molecule has 1 unspecified atom stereocenters. The average Bonchev–Trinajstić information content (AvgIpc) is 2.49. The summed E-state index contributed by atoms with van der Waals surface area (Å²) in [5, 5.41) is 12.3. The molecule has 0 fully saturated rings. The van der Waals surface area contributed by atoms with Crippen LogP contribution in [-0.2, 0) is 9.53 Å². The van der Waals surface area contributed by atoms with E-state index in [2.05, 4.69) is 5.32 Å². The Bertz CT molecular complexity index is 450. The van der Waals surface area contributed by atoms with Crippen LogP contribution in [0.25, 0.3) is 0 Å². The van der Waals surface area contributed by atoms with Crippen LogP contribution in [0.3, 0.4) is 0 Å². The summed E-state index contributed by atoms with van der Waals surface area (Å²) in [5.41, 5.74) is 0.610. The third kappa shape index (κ3) is 5.24. The highest BCUT2D eigenvalue weighted by molar-refractivity contribution is 5.76. The first-order valence-electron chi connectivity index (χ1n) is 6.89. The molecule has 0 saturated carbocycles. The Morgan fingerprint density at radius 1 is 1.29 bits per heavy atom. The van der Waals surface area contributed by atoms with E-state index in [0.717, 1.165) is 6.42 Å². The number of benzene rings is 1. The molecule has 0 heterocycles. The normalized spacial score (nSPS) is 12.0. The highest BCUT2D eigenvalue weighted by Crippen LogP contribution is 2.30. The van der Waals surface area contributed by atoms with Crippen molar-refractivity contribution < 1.29 is 24.1 Å². The number of carboxylic acids is 1. The first kappa shape index (κ1) is 17.3. The van der Waals surface area contributed by atoms with Gasteiger partial charge in [-0.3, -0.25) is 10.1 Å². The molecule has 0 spiro atoms. The molecular formula is C15H23NO5. The summed E-state index contributed by atoms with van der Waals surface area (Å²) in [6.07, 6.45) is 0.890. The third-order valence-corrected chi connectivity index (χ3v) is 2.88. The minimum Gasteiger partial charge on any atom is -0.493 e. The number of ether oxygens (including phenoxy) is 3. The van der Waals surface area contributed by atoms with E-state index < -0.39 is 12.0 Å². The second kappa shape index (κ2) is 9.20. The van der Waals surface area contributed by atoms with E-state index in [4.69, 9.17) is 14.2 Å². The van der Waals surface area contributed by atoms with Crippen molar-refractivity contribution in [1.82, 2.24) is 5.32 Å². The van der Waals surface area contributed by atoms with Gasteiger partial charge >= 0.3 is 5.97 Å². The second-order valence-corrected chi connectivity index (χ2v) is 4.48. The van der Waals surface area contributed by atoms with E-state index in [1.54, 1.807) is 25.3 Å². The van der Waals surface area contributed by atoms with Crippen LogP contribution < -0.4 is 14.8 Å². The van der Waals surface area contributed by atoms with Gasteiger partial charge in [0.1, 0.15) is 6.04 Å². The van der Waals surface area contributed by atoms with Crippen molar-refractivity contribution in [1.29, 1.82) is 0 Å². The molecule has 0 aliphatic carbocycles. The van der Waals surface area contributed by atoms with Crippen LogP contribution >= 0.6 is 0 Å². The van der Waals surface area contributed by atoms with Gasteiger partial charge < -0.3 is 19.3 Å². The molecule has 0 aliphatic heterocycles. The van der Waals surface area contributed by atoms with Gasteiger partial charge in [-0.2, -0.15) is 0 Å². The Morgan fingerprint density at radius 3 is 2.62 bits per heavy atom. The lowest BCUT2D eigenvalue weighted by atomic mass is 10.1. The summed E-state index contributed by atoms with van der Waals surface area (Å²) in [6, 6.07) is 4.34. The zero-order valence-corrected chi connectivity index (χ0v) is 12.7. The predicted molar refractivity (Wildman–Crippen MR) is 79.0 cm³/mol. The lowest BCUT2D eigenvalue weighted by Gasteiger charge is -2.17. The van der Waals surface area contributed by atoms with Crippen LogP contribution in [-0.4, -0.2) is 45.1 Å². The van der Waals surface area contributed by atoms with Crippen molar-refractivity contribution in [2.75, 3.05) is 34.0 Å². The largest absolute Gasteiger partial charge is 0.493 e. The SMILES string of the molecule is CCCOc1ccc(C(NCCOC)C(=O)O)cc1OC. The van der Waals surface area contributed by atoms with Crippen LogP contribution in [0.1, 0.15) is 24.9 Å². The van der Waals surface area contributed by atoms with Crippen molar-refractivity contribution >= 4 is 5.97 Å². The van der Waals surface area contributed by atoms with Crippen LogP contribution in [0.4, 0.5) is 0 Å². The van der Waals surface area contributed by atoms with Gasteiger partial charge in [-0.15, -0.1) is 0 Å². The quantitative estimate of drug-likeness (QED) is 0.642. The zero-order chi connectivity index (χ0) is 15.7. The summed E-state index contributed by atoms with van der Waals surface area (Å²) >= 11 is 0. The monoisotopic (exact) mass is 297 g/mol. The molecule has 0 radical (unpaired) electrons. The van der Waals surface area contributed by atoms with Crippen molar-refractivity contribution in [3.05, 3.63) is 23.8 Å². The number of hydrogen-bond donors (Lipinski definition) is 2. The van der Waals surface area contributed by atoms with Crippen LogP contribution in [0.5, 0.6) is 11.5 Å². The molecule has 118 valence electrons. The molecule has 0 aromatic heterocycles. The van der Waals surface area contributed by atoms with Gasteiger partial charge in [0, 0.05) is 13.7 Å². The number of nitrogens with one attached hydrogen (secondary N) is 1. The first-order chi connectivity index (χ1) is 10.1. The maximum absolute atomic E-state index is 11.4. The lowest BCUT2D eigenvalue weighted by Crippen LogP contribution is -2.31. The van der Waals surface area contributed by atoms with E-state index in [-0.39, 0.29) is 0 Å². The number of aliphatic carboxylic acids is 1. The Labute approximate surface area is 125 Å². The summed E-state index contributed by atoms with van der Waals surface area (Å²) in [5.74, 6) is 0.195. The zero-order valence-electron chi connectivity index (χ0n) is 12.7. The van der Waals surface area contributed by atoms with Gasteiger partial charge in [-0.25, -0.2) is 0 Å². The molecule has 6 heteroatoms. The standard InChI is InChI=1S/C15H23NO5/c1-4-8-21-12-6-5-11(10-13(12)20-3)14(15(17)18)16-7-9-19-2/h5-6,10,14,16H,4,7-9H2,1-3H3,(H,17,18). The van der Waals surface area contributed by atoms with Crippen molar-refractivity contribution in [2.45, 2.75) is 19.4 Å². The topological polar surface area (TPSA) is 77.0 Å². The van der Waals surface area contributed by atoms with Gasteiger partial charge in [0.05, 0.1) is 20.3 Å². The first-order valence-corrected chi connectivity index (χ1v) is 6.89. The minimum atomic E-state index is -0.949. The predicted octanol–water partition coefficient (Wildman–Crippen LogP) is 1.85. The fourth-order valence-electron chi connectivity index (χ4n) is 1.85. The van der Waals surface area contributed by atoms with Gasteiger partial charge in [0.2, 0.25) is 0 Å². The molecule has 6 nitrogen and oxygen atoms in total. The highest BCUT2D eigenvalue weighted by atomic mass is 16.5. The van der Waals surface area contributed by atoms with E-state index >= 15 is 0 Å². The summed E-state index contributed by atoms with van der Waals surface area (Å²) < 4.78 is 15.7. The van der Waals surface area contributed by atoms with Crippen molar-refractivity contribution in [2.24, 2.45) is 0 Å². The number of rotatable bonds is 10. The molecule has 1 rings (SSSR count). The van der Waals surface area contributed by atoms with Crippen LogP contribution in [0.2, 0.25) is 0 Å². The Morgan fingerprint density at radius 2 is 2.05 bits per heavy atom. The van der Waals surface area contributed by atoms with E-state index in [1.165, 1.54) is 7.11 Å². The van der Waals surface area contributed by atoms with Gasteiger partial charge in [-0.1, -0.05) is 13.0 Å². The van der Waals surface area contributed by atoms with Crippen molar-refractivity contribution in [3.63, 3.8) is 0 Å². The molecule has 1 aromatic carbocycles. The minimum absolute atomic E-state index is 0.443. The molecule has 0 amide bonds. The lowest BCUT2D eigenvalue weighted by molar-refractivity contribution is -0.139. The van der Waals surface area contributed by atoms with Crippen LogP contribution in [0.15, 0.2) is 18.2 Å².